The van der Waals surface area contributed by atoms with Gasteiger partial charge in [0.05, 0.1) is 52.4 Å². The molecule has 0 spiro atoms. The number of rotatable bonds is 24. The first-order chi connectivity index (χ1) is 41.1. The lowest BCUT2D eigenvalue weighted by molar-refractivity contribution is -0.144. The number of nitrogens with one attached hydrogen (secondary N) is 3. The predicted molar refractivity (Wildman–Crippen MR) is 329 cm³/mol. The van der Waals surface area contributed by atoms with Crippen LogP contribution in [-0.4, -0.2) is 159 Å². The number of benzene rings is 4. The molecule has 2 aromatic heterocycles. The van der Waals surface area contributed by atoms with Crippen molar-refractivity contribution in [3.8, 4) is 33.3 Å². The van der Waals surface area contributed by atoms with Crippen LogP contribution in [-0.2, 0) is 33.5 Å². The number of halogens is 2. The second-order valence-electron chi connectivity index (χ2n) is 23.9. The molecule has 5 atom stereocenters. The molecule has 9 rings (SSSR count). The van der Waals surface area contributed by atoms with Crippen molar-refractivity contribution in [3.63, 3.8) is 0 Å². The Kier molecular flexibility index (Phi) is 20.8. The van der Waals surface area contributed by atoms with Crippen LogP contribution in [0.25, 0.3) is 43.2 Å². The van der Waals surface area contributed by atoms with Gasteiger partial charge in [0.1, 0.15) is 52.6 Å². The fraction of sp³-hybridized carbons (Fsp3) is 0.484. The maximum absolute atomic E-state index is 17.0. The van der Waals surface area contributed by atoms with E-state index in [9.17, 15) is 39.0 Å². The number of β-amino-alcohol motifs (C(OH)–C–C–N with tert-alkyl or cyclic N) is 1. The van der Waals surface area contributed by atoms with E-state index in [0.717, 1.165) is 58.4 Å². The molecule has 3 saturated heterocycles. The van der Waals surface area contributed by atoms with Crippen LogP contribution in [0, 0.1) is 18.2 Å². The Morgan fingerprint density at radius 3 is 2.24 bits per heavy atom. The van der Waals surface area contributed by atoms with Gasteiger partial charge in [0.15, 0.2) is 5.82 Å². The number of aliphatic hydroxyl groups is 1. The molecule has 86 heavy (non-hydrogen) atoms. The Balaban J connectivity index is 0.683. The molecule has 458 valence electrons. The Morgan fingerprint density at radius 1 is 0.872 bits per heavy atom. The van der Waals surface area contributed by atoms with Crippen LogP contribution in [0.3, 0.4) is 0 Å². The van der Waals surface area contributed by atoms with Crippen molar-refractivity contribution in [1.82, 2.24) is 40.7 Å². The van der Waals surface area contributed by atoms with Crippen LogP contribution >= 0.6 is 22.9 Å². The van der Waals surface area contributed by atoms with Crippen molar-refractivity contribution in [2.24, 2.45) is 5.41 Å². The first-order valence-electron chi connectivity index (χ1n) is 29.6. The molecule has 0 bridgehead atoms. The predicted octanol–water partition coefficient (Wildman–Crippen LogP) is 8.46. The molecule has 5 N–H and O–H groups in total. The van der Waals surface area contributed by atoms with Crippen LogP contribution in [0.2, 0.25) is 5.02 Å². The molecule has 3 aliphatic rings. The molecule has 3 fully saturated rings. The summed E-state index contributed by atoms with van der Waals surface area (Å²) in [5.41, 5.74) is 4.38. The number of nitrogens with zero attached hydrogens (tertiary/aromatic N) is 6. The molecular weight excluding hydrogens is 1140 g/mol. The highest BCUT2D eigenvalue weighted by Gasteiger charge is 2.45. The third-order valence-corrected chi connectivity index (χ3v) is 17.5. The van der Waals surface area contributed by atoms with Gasteiger partial charge in [-0.05, 0) is 84.7 Å². The summed E-state index contributed by atoms with van der Waals surface area (Å²) in [7, 11) is 0. The second kappa shape index (κ2) is 28.2. The number of piperazine rings is 1. The maximum Gasteiger partial charge on any atom is 0.319 e. The van der Waals surface area contributed by atoms with Gasteiger partial charge in [-0.2, -0.15) is 9.97 Å². The van der Waals surface area contributed by atoms with Gasteiger partial charge in [0.25, 0.3) is 0 Å². The smallest absolute Gasteiger partial charge is 0.319 e. The number of aromatic hydroxyl groups is 1. The highest BCUT2D eigenvalue weighted by atomic mass is 35.5. The molecular formula is C64H77ClFN9O10S. The summed E-state index contributed by atoms with van der Waals surface area (Å²) in [4.78, 5) is 100. The maximum atomic E-state index is 17.0. The van der Waals surface area contributed by atoms with Gasteiger partial charge in [-0.3, -0.25) is 33.7 Å². The summed E-state index contributed by atoms with van der Waals surface area (Å²) >= 11 is 8.44. The summed E-state index contributed by atoms with van der Waals surface area (Å²) < 4.78 is 29.4. The lowest BCUT2D eigenvalue weighted by atomic mass is 9.85. The number of carbonyl (C=O) groups excluding carboxylic acids is 6. The SMILES string of the molecule is Cc1ncsc1-c1ccc([C@H](C)NC(=O)[C@@H]2C[C@@H](O)CN2C(=O)[C@@H](NC(=O)CC(=O)CCC(=O)CCC(=O)CCOC2CCN(C[C@@H](C)Oc3nc(N4CCNCC4)c4cc(Cl)c(-c5cc(O)cc6ccccc56)c(F)c4n3)CC2)C(C)(C)C)cc1. The quantitative estimate of drug-likeness (QED) is 0.0357. The number of phenolic OH excluding ortho intramolecular Hbond substituents is 1. The first-order valence-corrected chi connectivity index (χ1v) is 30.9. The molecule has 5 heterocycles. The van der Waals surface area contributed by atoms with Crippen molar-refractivity contribution in [3.05, 3.63) is 94.3 Å². The molecule has 0 radical (unpaired) electrons. The summed E-state index contributed by atoms with van der Waals surface area (Å²) in [6.45, 7) is 15.8. The molecule has 0 saturated carbocycles. The minimum Gasteiger partial charge on any atom is -0.508 e. The highest BCUT2D eigenvalue weighted by molar-refractivity contribution is 7.13. The number of carbonyl (C=O) groups is 6. The number of anilines is 1. The fourth-order valence-electron chi connectivity index (χ4n) is 11.6. The lowest BCUT2D eigenvalue weighted by Crippen LogP contribution is -2.58. The monoisotopic (exact) mass is 1220 g/mol. The molecule has 3 amide bonds. The van der Waals surface area contributed by atoms with Crippen LogP contribution in [0.15, 0.2) is 72.2 Å². The van der Waals surface area contributed by atoms with Crippen LogP contribution < -0.4 is 25.6 Å². The molecule has 4 aromatic carbocycles. The normalized spacial score (nSPS) is 18.0. The van der Waals surface area contributed by atoms with Crippen molar-refractivity contribution >= 4 is 85.5 Å². The number of amides is 3. The number of fused-ring (bicyclic) bond motifs is 2. The van der Waals surface area contributed by atoms with E-state index in [2.05, 4.69) is 35.7 Å². The van der Waals surface area contributed by atoms with Crippen molar-refractivity contribution < 1.29 is 52.8 Å². The number of phenols is 1. The molecule has 0 aliphatic carbocycles. The largest absolute Gasteiger partial charge is 0.508 e. The summed E-state index contributed by atoms with van der Waals surface area (Å²) in [5.74, 6) is -2.77. The Hall–Kier alpha value is -7.01. The highest BCUT2D eigenvalue weighted by Crippen LogP contribution is 2.43. The number of likely N-dealkylation sites (tertiary alicyclic amines) is 2. The van der Waals surface area contributed by atoms with E-state index in [1.807, 2.05) is 69.3 Å². The molecule has 19 nitrogen and oxygen atoms in total. The molecule has 3 aliphatic heterocycles. The summed E-state index contributed by atoms with van der Waals surface area (Å²) in [6, 6.07) is 17.5. The number of piperidine rings is 1. The van der Waals surface area contributed by atoms with Crippen molar-refractivity contribution in [2.75, 3.05) is 63.9 Å². The molecule has 0 unspecified atom stereocenters. The zero-order valence-electron chi connectivity index (χ0n) is 49.6. The van der Waals surface area contributed by atoms with E-state index in [1.54, 1.807) is 49.8 Å². The Morgan fingerprint density at radius 2 is 1.56 bits per heavy atom. The van der Waals surface area contributed by atoms with Gasteiger partial charge in [-0.15, -0.1) is 11.3 Å². The number of aromatic nitrogens is 3. The zero-order chi connectivity index (χ0) is 61.4. The molecule has 6 aromatic rings. The lowest BCUT2D eigenvalue weighted by Gasteiger charge is -2.35. The second-order valence-corrected chi connectivity index (χ2v) is 25.2. The van der Waals surface area contributed by atoms with E-state index in [1.165, 1.54) is 11.0 Å². The summed E-state index contributed by atoms with van der Waals surface area (Å²) in [5, 5.41) is 32.4. The zero-order valence-corrected chi connectivity index (χ0v) is 51.2. The van der Waals surface area contributed by atoms with Crippen molar-refractivity contribution in [1.29, 1.82) is 0 Å². The number of hydrogen-bond acceptors (Lipinski definition) is 17. The van der Waals surface area contributed by atoms with Gasteiger partial charge in [-0.25, -0.2) is 9.37 Å². The van der Waals surface area contributed by atoms with E-state index in [-0.39, 0.29) is 103 Å². The Labute approximate surface area is 509 Å². The first kappa shape index (κ1) is 63.5. The number of ketones is 3. The number of aryl methyl sites for hydroxylation is 1. The minimum atomic E-state index is -1.13. The van der Waals surface area contributed by atoms with Gasteiger partial charge in [0.2, 0.25) is 17.7 Å². The number of thiazole rings is 1. The van der Waals surface area contributed by atoms with E-state index >= 15 is 4.39 Å². The number of Topliss-reactive ketones (excluding diaryl/α,β-unsaturated/α-hetero) is 3. The van der Waals surface area contributed by atoms with Gasteiger partial charge in [0, 0.05) is 102 Å². The topological polar surface area (TPSA) is 246 Å². The van der Waals surface area contributed by atoms with E-state index in [0.29, 0.717) is 49.5 Å². The Bertz CT molecular complexity index is 3460. The minimum absolute atomic E-state index is 0.000577. The van der Waals surface area contributed by atoms with Gasteiger partial charge >= 0.3 is 6.01 Å². The molecule has 22 heteroatoms. The number of aliphatic hydroxyl groups excluding tert-OH is 1. The van der Waals surface area contributed by atoms with E-state index in [4.69, 9.17) is 26.1 Å². The van der Waals surface area contributed by atoms with Crippen LogP contribution in [0.4, 0.5) is 10.2 Å². The number of hydrogen-bond donors (Lipinski definition) is 5. The fourth-order valence-corrected chi connectivity index (χ4v) is 12.7. The summed E-state index contributed by atoms with van der Waals surface area (Å²) in [6.07, 6.45) is -0.749. The van der Waals surface area contributed by atoms with Crippen LogP contribution in [0.5, 0.6) is 11.8 Å². The standard InChI is InChI=1S/C64H77ClFN9O10S/c1-37(85-63-71-57-51(60(72-63)74-26-22-67-23-27-74)33-52(65)55(56(57)66)50-30-46(79)29-42-9-7-8-10-49(42)50)34-73-24-19-48(20-25-73)84-28-21-44(77)16-15-43(76)17-18-45(78)32-54(81)70-59(64(4,5)6)62(83)75-35-47(80)31-53(75)61(82)69-38(2)40-11-13-41(14-12-40)58-39(3)68-36-86-58/h7-14,29-30,33,36-38,47-48,53,59,67,79-80H,15-28,31-32,34-35H2,1-6H3,(H,69,82)(H,70,81)/t37-,38+,47-,53+,59-/m1/s1. The average Bonchev–Trinajstić information content (AvgIpc) is 1.00. The third-order valence-electron chi connectivity index (χ3n) is 16.2. The average molecular weight is 1220 g/mol. The third kappa shape index (κ3) is 15.8. The van der Waals surface area contributed by atoms with Crippen LogP contribution in [0.1, 0.15) is 110 Å². The van der Waals surface area contributed by atoms with Gasteiger partial charge < -0.3 is 45.4 Å². The number of ether oxygens (including phenoxy) is 2. The van der Waals surface area contributed by atoms with E-state index < -0.39 is 65.4 Å². The van der Waals surface area contributed by atoms with Gasteiger partial charge in [-0.1, -0.05) is 80.9 Å². The van der Waals surface area contributed by atoms with Crippen molar-refractivity contribution in [2.45, 2.75) is 136 Å².